The van der Waals surface area contributed by atoms with Gasteiger partial charge in [-0.2, -0.15) is 0 Å². The van der Waals surface area contributed by atoms with E-state index in [-0.39, 0.29) is 24.1 Å². The van der Waals surface area contributed by atoms with Crippen LogP contribution in [-0.4, -0.2) is 71.1 Å². The third-order valence-electron chi connectivity index (χ3n) is 6.08. The summed E-state index contributed by atoms with van der Waals surface area (Å²) in [5, 5.41) is 8.81. The van der Waals surface area contributed by atoms with Crippen molar-refractivity contribution in [1.29, 1.82) is 0 Å². The lowest BCUT2D eigenvalue weighted by atomic mass is 10.1. The molecule has 0 atom stereocenters. The molecule has 3 heterocycles. The molecule has 2 aromatic heterocycles. The Hall–Kier alpha value is -3.68. The van der Waals surface area contributed by atoms with Crippen molar-refractivity contribution in [3.05, 3.63) is 66.1 Å². The number of rotatable bonds is 8. The minimum absolute atomic E-state index is 0.0449. The zero-order chi connectivity index (χ0) is 23.9. The van der Waals surface area contributed by atoms with E-state index >= 15 is 0 Å². The molecule has 34 heavy (non-hydrogen) atoms. The van der Waals surface area contributed by atoms with Gasteiger partial charge in [0.1, 0.15) is 6.54 Å². The van der Waals surface area contributed by atoms with Crippen molar-refractivity contribution in [3.8, 4) is 11.3 Å². The van der Waals surface area contributed by atoms with Crippen LogP contribution in [0.4, 0.5) is 5.82 Å². The molecule has 1 aliphatic rings. The first-order valence-electron chi connectivity index (χ1n) is 11.8. The number of anilines is 1. The fourth-order valence-electron chi connectivity index (χ4n) is 3.98. The van der Waals surface area contributed by atoms with E-state index in [4.69, 9.17) is 4.42 Å². The first-order chi connectivity index (χ1) is 16.5. The van der Waals surface area contributed by atoms with Gasteiger partial charge in [-0.1, -0.05) is 43.2 Å². The summed E-state index contributed by atoms with van der Waals surface area (Å²) >= 11 is 0. The topological polar surface area (TPSA) is 82.8 Å². The van der Waals surface area contributed by atoms with Gasteiger partial charge in [0.05, 0.1) is 12.0 Å². The normalized spacial score (nSPS) is 13.7. The summed E-state index contributed by atoms with van der Waals surface area (Å²) in [6, 6.07) is 15.5. The second kappa shape index (κ2) is 11.0. The van der Waals surface area contributed by atoms with Gasteiger partial charge in [-0.25, -0.2) is 0 Å². The van der Waals surface area contributed by atoms with Gasteiger partial charge in [-0.3, -0.25) is 9.59 Å². The molecule has 0 radical (unpaired) electrons. The van der Waals surface area contributed by atoms with Crippen LogP contribution in [0.2, 0.25) is 0 Å². The lowest BCUT2D eigenvalue weighted by Crippen LogP contribution is -2.52. The van der Waals surface area contributed by atoms with Crippen LogP contribution >= 0.6 is 0 Å². The van der Waals surface area contributed by atoms with Gasteiger partial charge in [0, 0.05) is 38.3 Å². The summed E-state index contributed by atoms with van der Waals surface area (Å²) in [6.07, 6.45) is 3.26. The van der Waals surface area contributed by atoms with Crippen molar-refractivity contribution in [2.75, 3.05) is 44.2 Å². The van der Waals surface area contributed by atoms with Crippen LogP contribution in [0.15, 0.2) is 59.2 Å². The van der Waals surface area contributed by atoms with Crippen LogP contribution < -0.4 is 4.90 Å². The number of carbonyl (C=O) groups excluding carboxylic acids is 2. The van der Waals surface area contributed by atoms with E-state index in [1.807, 2.05) is 29.2 Å². The molecule has 2 amide bonds. The summed E-state index contributed by atoms with van der Waals surface area (Å²) in [5.74, 6) is 0.785. The van der Waals surface area contributed by atoms with Crippen molar-refractivity contribution >= 4 is 17.6 Å². The average Bonchev–Trinajstić information content (AvgIpc) is 3.42. The molecule has 0 N–H and O–H groups in total. The molecule has 0 unspecified atom stereocenters. The SMILES string of the molecule is CCCCN(CC(=O)N1CCN(c2ccc(-c3ccc(C)cc3)nn2)CC1)C(=O)c1ccco1. The predicted molar refractivity (Wildman–Crippen MR) is 131 cm³/mol. The van der Waals surface area contributed by atoms with E-state index < -0.39 is 0 Å². The summed E-state index contributed by atoms with van der Waals surface area (Å²) in [6.45, 7) is 7.22. The molecule has 178 valence electrons. The molecular weight excluding hydrogens is 430 g/mol. The van der Waals surface area contributed by atoms with E-state index in [0.717, 1.165) is 29.9 Å². The molecular formula is C26H31N5O3. The largest absolute Gasteiger partial charge is 0.459 e. The molecule has 3 aromatic rings. The molecule has 1 saturated heterocycles. The van der Waals surface area contributed by atoms with Crippen molar-refractivity contribution in [1.82, 2.24) is 20.0 Å². The van der Waals surface area contributed by atoms with E-state index in [0.29, 0.717) is 32.7 Å². The molecule has 8 heteroatoms. The van der Waals surface area contributed by atoms with Gasteiger partial charge in [0.2, 0.25) is 5.91 Å². The lowest BCUT2D eigenvalue weighted by Gasteiger charge is -2.36. The molecule has 0 saturated carbocycles. The Kier molecular flexibility index (Phi) is 7.57. The van der Waals surface area contributed by atoms with Crippen LogP contribution in [0.3, 0.4) is 0 Å². The zero-order valence-corrected chi connectivity index (χ0v) is 19.8. The van der Waals surface area contributed by atoms with Crippen molar-refractivity contribution in [2.45, 2.75) is 26.7 Å². The van der Waals surface area contributed by atoms with Gasteiger partial charge in [-0.05, 0) is 37.6 Å². The maximum absolute atomic E-state index is 13.0. The predicted octanol–water partition coefficient (Wildman–Crippen LogP) is 3.64. The minimum atomic E-state index is -0.241. The van der Waals surface area contributed by atoms with Crippen molar-refractivity contribution in [2.24, 2.45) is 0 Å². The number of carbonyl (C=O) groups is 2. The maximum atomic E-state index is 13.0. The Bertz CT molecular complexity index is 1070. The molecule has 0 aliphatic carbocycles. The fraction of sp³-hybridized carbons (Fsp3) is 0.385. The fourth-order valence-corrected chi connectivity index (χ4v) is 3.98. The Morgan fingerprint density at radius 1 is 1.00 bits per heavy atom. The van der Waals surface area contributed by atoms with E-state index in [9.17, 15) is 9.59 Å². The number of aryl methyl sites for hydroxylation is 1. The van der Waals surface area contributed by atoms with E-state index in [2.05, 4.69) is 41.1 Å². The van der Waals surface area contributed by atoms with Crippen LogP contribution in [0, 0.1) is 6.92 Å². The number of unbranched alkanes of at least 4 members (excludes halogenated alkanes) is 1. The van der Waals surface area contributed by atoms with Gasteiger partial charge in [0.15, 0.2) is 11.6 Å². The Morgan fingerprint density at radius 2 is 1.76 bits per heavy atom. The second-order valence-electron chi connectivity index (χ2n) is 8.57. The molecule has 4 rings (SSSR count). The van der Waals surface area contributed by atoms with E-state index in [1.165, 1.54) is 11.8 Å². The number of hydrogen-bond donors (Lipinski definition) is 0. The highest BCUT2D eigenvalue weighted by Gasteiger charge is 2.26. The summed E-state index contributed by atoms with van der Waals surface area (Å²) in [4.78, 5) is 31.3. The number of furan rings is 1. The number of amides is 2. The van der Waals surface area contributed by atoms with E-state index in [1.54, 1.807) is 17.0 Å². The minimum Gasteiger partial charge on any atom is -0.459 e. The standard InChI is InChI=1S/C26H31N5O3/c1-3-4-13-31(26(33)23-6-5-18-34-23)19-25(32)30-16-14-29(15-17-30)24-12-11-22(27-28-24)21-9-7-20(2)8-10-21/h5-12,18H,3-4,13-17,19H2,1-2H3. The maximum Gasteiger partial charge on any atom is 0.290 e. The zero-order valence-electron chi connectivity index (χ0n) is 19.8. The summed E-state index contributed by atoms with van der Waals surface area (Å²) in [5.41, 5.74) is 3.09. The number of hydrogen-bond acceptors (Lipinski definition) is 6. The summed E-state index contributed by atoms with van der Waals surface area (Å²) < 4.78 is 5.25. The number of benzene rings is 1. The van der Waals surface area contributed by atoms with Crippen LogP contribution in [0.1, 0.15) is 35.9 Å². The smallest absolute Gasteiger partial charge is 0.290 e. The third-order valence-corrected chi connectivity index (χ3v) is 6.08. The highest BCUT2D eigenvalue weighted by atomic mass is 16.3. The quantitative estimate of drug-likeness (QED) is 0.509. The van der Waals surface area contributed by atoms with Crippen LogP contribution in [0.5, 0.6) is 0 Å². The lowest BCUT2D eigenvalue weighted by molar-refractivity contribution is -0.132. The molecule has 1 aromatic carbocycles. The van der Waals surface area contributed by atoms with Gasteiger partial charge in [-0.15, -0.1) is 10.2 Å². The highest BCUT2D eigenvalue weighted by Crippen LogP contribution is 2.20. The molecule has 1 aliphatic heterocycles. The Morgan fingerprint density at radius 3 is 2.38 bits per heavy atom. The molecule has 0 spiro atoms. The molecule has 0 bridgehead atoms. The van der Waals surface area contributed by atoms with Crippen molar-refractivity contribution in [3.63, 3.8) is 0 Å². The van der Waals surface area contributed by atoms with Gasteiger partial charge >= 0.3 is 0 Å². The molecule has 1 fully saturated rings. The number of aromatic nitrogens is 2. The Labute approximate surface area is 200 Å². The highest BCUT2D eigenvalue weighted by molar-refractivity contribution is 5.94. The average molecular weight is 462 g/mol. The first-order valence-corrected chi connectivity index (χ1v) is 11.8. The number of nitrogens with zero attached hydrogens (tertiary/aromatic N) is 5. The molecule has 8 nitrogen and oxygen atoms in total. The third kappa shape index (κ3) is 5.62. The summed E-state index contributed by atoms with van der Waals surface area (Å²) in [7, 11) is 0. The second-order valence-corrected chi connectivity index (χ2v) is 8.57. The van der Waals surface area contributed by atoms with Crippen molar-refractivity contribution < 1.29 is 14.0 Å². The van der Waals surface area contributed by atoms with Crippen LogP contribution in [-0.2, 0) is 4.79 Å². The monoisotopic (exact) mass is 461 g/mol. The van der Waals surface area contributed by atoms with Gasteiger partial charge < -0.3 is 19.1 Å². The van der Waals surface area contributed by atoms with Gasteiger partial charge in [0.25, 0.3) is 5.91 Å². The first kappa shape index (κ1) is 23.5. The number of piperazine rings is 1. The Balaban J connectivity index is 1.33. The van der Waals surface area contributed by atoms with Crippen LogP contribution in [0.25, 0.3) is 11.3 Å².